The molecule has 21 heavy (non-hydrogen) atoms. The quantitative estimate of drug-likeness (QED) is 0.741. The van der Waals surface area contributed by atoms with E-state index in [0.29, 0.717) is 21.3 Å². The highest BCUT2D eigenvalue weighted by Gasteiger charge is 2.15. The maximum absolute atomic E-state index is 12.3. The van der Waals surface area contributed by atoms with Crippen molar-refractivity contribution >= 4 is 50.7 Å². The number of halogens is 3. The molecule has 3 N–H and O–H groups in total. The number of hydrogen-bond donors (Lipinski definition) is 2. The minimum absolute atomic E-state index is 0.217. The van der Waals surface area contributed by atoms with Crippen LogP contribution >= 0.6 is 39.1 Å². The summed E-state index contributed by atoms with van der Waals surface area (Å²) < 4.78 is 0.795. The Morgan fingerprint density at radius 3 is 2.57 bits per heavy atom. The molecule has 110 valence electrons. The summed E-state index contributed by atoms with van der Waals surface area (Å²) in [5.74, 6) is -0.243. The Bertz CT molecular complexity index is 691. The summed E-state index contributed by atoms with van der Waals surface area (Å²) in [6, 6.07) is 10.2. The third-order valence-electron chi connectivity index (χ3n) is 3.05. The molecule has 6 heteroatoms. The number of nitrogens with one attached hydrogen (secondary N) is 1. The van der Waals surface area contributed by atoms with Crippen molar-refractivity contribution in [3.05, 3.63) is 62.0 Å². The molecule has 0 saturated carbocycles. The fraction of sp³-hybridized carbons (Fsp3) is 0.133. The van der Waals surface area contributed by atoms with Crippen LogP contribution in [0.2, 0.25) is 10.0 Å². The first-order valence-electron chi connectivity index (χ1n) is 6.19. The standard InChI is InChI=1S/C15H13BrCl2N2O/c1-8(9-2-4-12(17)13(18)6-9)20-15(21)11-7-10(16)3-5-14(11)19/h2-8H,19H2,1H3,(H,20,21). The maximum atomic E-state index is 12.3. The summed E-state index contributed by atoms with van der Waals surface area (Å²) in [5, 5.41) is 3.82. The van der Waals surface area contributed by atoms with Gasteiger partial charge in [0, 0.05) is 10.2 Å². The van der Waals surface area contributed by atoms with Gasteiger partial charge in [-0.1, -0.05) is 45.2 Å². The summed E-state index contributed by atoms with van der Waals surface area (Å²) in [7, 11) is 0. The van der Waals surface area contributed by atoms with Gasteiger partial charge in [0.05, 0.1) is 21.7 Å². The van der Waals surface area contributed by atoms with Gasteiger partial charge in [0.1, 0.15) is 0 Å². The molecule has 0 saturated heterocycles. The molecule has 0 aromatic heterocycles. The lowest BCUT2D eigenvalue weighted by atomic mass is 10.1. The predicted octanol–water partition coefficient (Wildman–Crippen LogP) is 4.83. The molecular formula is C15H13BrCl2N2O. The van der Waals surface area contributed by atoms with E-state index in [9.17, 15) is 4.79 Å². The number of anilines is 1. The van der Waals surface area contributed by atoms with Crippen molar-refractivity contribution in [1.82, 2.24) is 5.32 Å². The molecule has 0 spiro atoms. The number of nitrogens with two attached hydrogens (primary N) is 1. The summed E-state index contributed by atoms with van der Waals surface area (Å²) >= 11 is 15.2. The largest absolute Gasteiger partial charge is 0.398 e. The van der Waals surface area contributed by atoms with E-state index in [1.807, 2.05) is 13.0 Å². The van der Waals surface area contributed by atoms with E-state index in [1.165, 1.54) is 0 Å². The van der Waals surface area contributed by atoms with Gasteiger partial charge in [-0.15, -0.1) is 0 Å². The SMILES string of the molecule is CC(NC(=O)c1cc(Br)ccc1N)c1ccc(Cl)c(Cl)c1. The van der Waals surface area contributed by atoms with E-state index in [1.54, 1.807) is 30.3 Å². The van der Waals surface area contributed by atoms with Gasteiger partial charge in [-0.25, -0.2) is 0 Å². The summed E-state index contributed by atoms with van der Waals surface area (Å²) in [4.78, 5) is 12.3. The van der Waals surface area contributed by atoms with Crippen LogP contribution in [0.25, 0.3) is 0 Å². The normalized spacial score (nSPS) is 12.0. The Hall–Kier alpha value is -1.23. The van der Waals surface area contributed by atoms with Crippen molar-refractivity contribution in [1.29, 1.82) is 0 Å². The van der Waals surface area contributed by atoms with E-state index in [-0.39, 0.29) is 11.9 Å². The molecule has 0 radical (unpaired) electrons. The third kappa shape index (κ3) is 3.90. The van der Waals surface area contributed by atoms with Crippen LogP contribution in [0.5, 0.6) is 0 Å². The highest BCUT2D eigenvalue weighted by atomic mass is 79.9. The van der Waals surface area contributed by atoms with Crippen molar-refractivity contribution in [3.63, 3.8) is 0 Å². The van der Waals surface area contributed by atoms with Gasteiger partial charge in [0.15, 0.2) is 0 Å². The summed E-state index contributed by atoms with van der Waals surface area (Å²) in [6.07, 6.45) is 0. The van der Waals surface area contributed by atoms with E-state index in [2.05, 4.69) is 21.2 Å². The van der Waals surface area contributed by atoms with Gasteiger partial charge in [-0.3, -0.25) is 4.79 Å². The second kappa shape index (κ2) is 6.69. The Labute approximate surface area is 141 Å². The second-order valence-electron chi connectivity index (χ2n) is 4.60. The number of benzene rings is 2. The highest BCUT2D eigenvalue weighted by molar-refractivity contribution is 9.10. The zero-order chi connectivity index (χ0) is 15.6. The number of carbonyl (C=O) groups excluding carboxylic acids is 1. The predicted molar refractivity (Wildman–Crippen MR) is 90.9 cm³/mol. The average Bonchev–Trinajstić information content (AvgIpc) is 2.44. The van der Waals surface area contributed by atoms with Crippen molar-refractivity contribution in [2.24, 2.45) is 0 Å². The minimum atomic E-state index is -0.243. The molecule has 0 aliphatic carbocycles. The molecule has 0 heterocycles. The highest BCUT2D eigenvalue weighted by Crippen LogP contribution is 2.26. The van der Waals surface area contributed by atoms with Crippen LogP contribution in [0.3, 0.4) is 0 Å². The van der Waals surface area contributed by atoms with Crippen LogP contribution in [-0.2, 0) is 0 Å². The van der Waals surface area contributed by atoms with Gasteiger partial charge in [0.2, 0.25) is 0 Å². The molecule has 2 aromatic rings. The van der Waals surface area contributed by atoms with Gasteiger partial charge in [0.25, 0.3) is 5.91 Å². The first kappa shape index (κ1) is 16.1. The van der Waals surface area contributed by atoms with Gasteiger partial charge in [-0.05, 0) is 42.8 Å². The van der Waals surface area contributed by atoms with Crippen molar-refractivity contribution in [2.75, 3.05) is 5.73 Å². The van der Waals surface area contributed by atoms with Crippen molar-refractivity contribution < 1.29 is 4.79 Å². The lowest BCUT2D eigenvalue weighted by Crippen LogP contribution is -2.27. The molecule has 0 bridgehead atoms. The molecule has 3 nitrogen and oxygen atoms in total. The number of carbonyl (C=O) groups is 1. The van der Waals surface area contributed by atoms with E-state index in [4.69, 9.17) is 28.9 Å². The van der Waals surface area contributed by atoms with Gasteiger partial charge in [-0.2, -0.15) is 0 Å². The number of amides is 1. The van der Waals surface area contributed by atoms with Crippen LogP contribution < -0.4 is 11.1 Å². The minimum Gasteiger partial charge on any atom is -0.398 e. The fourth-order valence-electron chi connectivity index (χ4n) is 1.86. The Balaban J connectivity index is 2.18. The molecule has 1 atom stereocenters. The Morgan fingerprint density at radius 2 is 1.90 bits per heavy atom. The van der Waals surface area contributed by atoms with Gasteiger partial charge >= 0.3 is 0 Å². The molecule has 0 aliphatic rings. The number of nitrogen functional groups attached to an aromatic ring is 1. The van der Waals surface area contributed by atoms with E-state index >= 15 is 0 Å². The number of hydrogen-bond acceptors (Lipinski definition) is 2. The molecule has 0 aliphatic heterocycles. The van der Waals surface area contributed by atoms with E-state index < -0.39 is 0 Å². The van der Waals surface area contributed by atoms with E-state index in [0.717, 1.165) is 10.0 Å². The zero-order valence-corrected chi connectivity index (χ0v) is 14.3. The molecular weight excluding hydrogens is 375 g/mol. The van der Waals surface area contributed by atoms with Crippen LogP contribution in [0.4, 0.5) is 5.69 Å². The lowest BCUT2D eigenvalue weighted by Gasteiger charge is -2.16. The van der Waals surface area contributed by atoms with Crippen molar-refractivity contribution in [2.45, 2.75) is 13.0 Å². The van der Waals surface area contributed by atoms with Gasteiger partial charge < -0.3 is 11.1 Å². The molecule has 2 aromatic carbocycles. The lowest BCUT2D eigenvalue weighted by molar-refractivity contribution is 0.0940. The third-order valence-corrected chi connectivity index (χ3v) is 4.28. The topological polar surface area (TPSA) is 55.1 Å². The molecule has 0 fully saturated rings. The summed E-state index contributed by atoms with van der Waals surface area (Å²) in [6.45, 7) is 1.87. The van der Waals surface area contributed by atoms with Crippen LogP contribution in [0.1, 0.15) is 28.9 Å². The smallest absolute Gasteiger partial charge is 0.253 e. The first-order chi connectivity index (χ1) is 9.88. The monoisotopic (exact) mass is 386 g/mol. The van der Waals surface area contributed by atoms with Crippen LogP contribution in [0, 0.1) is 0 Å². The molecule has 2 rings (SSSR count). The zero-order valence-electron chi connectivity index (χ0n) is 11.2. The molecule has 1 amide bonds. The van der Waals surface area contributed by atoms with Crippen LogP contribution in [0.15, 0.2) is 40.9 Å². The number of rotatable bonds is 3. The Kier molecular flexibility index (Phi) is 5.14. The maximum Gasteiger partial charge on any atom is 0.253 e. The van der Waals surface area contributed by atoms with Crippen molar-refractivity contribution in [3.8, 4) is 0 Å². The first-order valence-corrected chi connectivity index (χ1v) is 7.74. The average molecular weight is 388 g/mol. The molecule has 1 unspecified atom stereocenters. The fourth-order valence-corrected chi connectivity index (χ4v) is 2.53. The second-order valence-corrected chi connectivity index (χ2v) is 6.33. The Morgan fingerprint density at radius 1 is 1.19 bits per heavy atom. The summed E-state index contributed by atoms with van der Waals surface area (Å²) in [5.41, 5.74) is 7.55. The van der Waals surface area contributed by atoms with Crippen LogP contribution in [-0.4, -0.2) is 5.91 Å².